The summed E-state index contributed by atoms with van der Waals surface area (Å²) in [6.45, 7) is 1.15. The van der Waals surface area contributed by atoms with Crippen LogP contribution in [0.3, 0.4) is 0 Å². The fraction of sp³-hybridized carbons (Fsp3) is 0.846. The number of sulfonamides is 1. The second-order valence-corrected chi connectivity index (χ2v) is 8.06. The Balaban J connectivity index is 1.47. The van der Waals surface area contributed by atoms with Gasteiger partial charge in [0, 0.05) is 19.0 Å². The molecule has 0 radical (unpaired) electrons. The van der Waals surface area contributed by atoms with Crippen LogP contribution in [-0.2, 0) is 10.0 Å². The Bertz CT molecular complexity index is 525. The van der Waals surface area contributed by atoms with Gasteiger partial charge in [0.1, 0.15) is 12.2 Å². The second kappa shape index (κ2) is 5.81. The topological polar surface area (TPSA) is 79.0 Å². The van der Waals surface area contributed by atoms with Gasteiger partial charge in [-0.3, -0.25) is 5.10 Å². The number of rotatable bonds is 7. The van der Waals surface area contributed by atoms with Crippen molar-refractivity contribution < 1.29 is 8.42 Å². The number of nitrogens with zero attached hydrogens (tertiary/aromatic N) is 3. The molecule has 1 aliphatic carbocycles. The van der Waals surface area contributed by atoms with Crippen molar-refractivity contribution in [1.29, 1.82) is 0 Å². The lowest BCUT2D eigenvalue weighted by molar-refractivity contribution is 0.468. The molecule has 1 saturated heterocycles. The fourth-order valence-electron chi connectivity index (χ4n) is 2.87. The van der Waals surface area contributed by atoms with Gasteiger partial charge in [0.15, 0.2) is 0 Å². The average Bonchev–Trinajstić information content (AvgIpc) is 2.93. The maximum atomic E-state index is 12.3. The van der Waals surface area contributed by atoms with Gasteiger partial charge in [-0.05, 0) is 18.8 Å². The predicted octanol–water partition coefficient (Wildman–Crippen LogP) is 1.50. The number of H-pyrrole nitrogens is 1. The van der Waals surface area contributed by atoms with Crippen LogP contribution < -0.4 is 0 Å². The van der Waals surface area contributed by atoms with Gasteiger partial charge < -0.3 is 0 Å². The minimum atomic E-state index is -3.09. The van der Waals surface area contributed by atoms with Gasteiger partial charge in [-0.15, -0.1) is 0 Å². The lowest BCUT2D eigenvalue weighted by Gasteiger charge is -2.16. The summed E-state index contributed by atoms with van der Waals surface area (Å²) in [5, 5.41) is 6.67. The molecule has 0 bridgehead atoms. The van der Waals surface area contributed by atoms with Crippen molar-refractivity contribution in [3.63, 3.8) is 0 Å². The summed E-state index contributed by atoms with van der Waals surface area (Å²) in [4.78, 5) is 4.13. The Morgan fingerprint density at radius 3 is 2.85 bits per heavy atom. The zero-order chi connectivity index (χ0) is 14.0. The Labute approximate surface area is 120 Å². The number of nitrogens with one attached hydrogen (secondary N) is 1. The molecule has 7 heteroatoms. The first-order valence-electron chi connectivity index (χ1n) is 7.48. The van der Waals surface area contributed by atoms with E-state index in [1.165, 1.54) is 25.6 Å². The quantitative estimate of drug-likeness (QED) is 0.774. The molecule has 6 nitrogen and oxygen atoms in total. The molecule has 2 aliphatic rings. The zero-order valence-corrected chi connectivity index (χ0v) is 12.5. The summed E-state index contributed by atoms with van der Waals surface area (Å²) >= 11 is 0. The van der Waals surface area contributed by atoms with Crippen molar-refractivity contribution in [2.24, 2.45) is 5.92 Å². The van der Waals surface area contributed by atoms with Gasteiger partial charge in [-0.1, -0.05) is 25.7 Å². The molecule has 3 rings (SSSR count). The van der Waals surface area contributed by atoms with Crippen molar-refractivity contribution in [2.75, 3.05) is 18.8 Å². The summed E-state index contributed by atoms with van der Waals surface area (Å²) in [6.07, 6.45) is 8.04. The van der Waals surface area contributed by atoms with E-state index in [1.807, 2.05) is 0 Å². The van der Waals surface area contributed by atoms with Crippen LogP contribution in [0.25, 0.3) is 0 Å². The first-order valence-corrected chi connectivity index (χ1v) is 9.09. The van der Waals surface area contributed by atoms with E-state index in [2.05, 4.69) is 15.2 Å². The average molecular weight is 298 g/mol. The number of aromatic nitrogens is 3. The van der Waals surface area contributed by atoms with Crippen molar-refractivity contribution in [1.82, 2.24) is 19.5 Å². The van der Waals surface area contributed by atoms with Crippen LogP contribution in [0.2, 0.25) is 0 Å². The van der Waals surface area contributed by atoms with Crippen LogP contribution >= 0.6 is 0 Å². The molecule has 112 valence electrons. The van der Waals surface area contributed by atoms with E-state index in [0.29, 0.717) is 18.8 Å². The van der Waals surface area contributed by atoms with Gasteiger partial charge in [0.2, 0.25) is 10.0 Å². The van der Waals surface area contributed by atoms with Gasteiger partial charge in [0.25, 0.3) is 0 Å². The van der Waals surface area contributed by atoms with Crippen LogP contribution in [0.1, 0.15) is 50.3 Å². The Hall–Kier alpha value is -0.950. The molecule has 1 atom stereocenters. The highest BCUT2D eigenvalue weighted by molar-refractivity contribution is 7.89. The Kier molecular flexibility index (Phi) is 4.07. The monoisotopic (exact) mass is 298 g/mol. The summed E-state index contributed by atoms with van der Waals surface area (Å²) in [5.74, 6) is 2.15. The molecule has 1 aromatic rings. The highest BCUT2D eigenvalue weighted by Gasteiger charge is 2.33. The number of aromatic amines is 1. The van der Waals surface area contributed by atoms with Crippen LogP contribution in [0.4, 0.5) is 0 Å². The Morgan fingerprint density at radius 1 is 1.30 bits per heavy atom. The SMILES string of the molecule is O=S(=O)(CCCCC1CC1)N1CCC(c2ncn[nH]2)C1. The van der Waals surface area contributed by atoms with Gasteiger partial charge in [-0.25, -0.2) is 17.7 Å². The number of unbranched alkanes of at least 4 members (excludes halogenated alkanes) is 1. The summed E-state index contributed by atoms with van der Waals surface area (Å²) in [5.41, 5.74) is 0. The normalized spacial score (nSPS) is 24.3. The Morgan fingerprint density at radius 2 is 2.15 bits per heavy atom. The molecule has 0 spiro atoms. The lowest BCUT2D eigenvalue weighted by atomic mass is 10.1. The third-order valence-electron chi connectivity index (χ3n) is 4.33. The van der Waals surface area contributed by atoms with E-state index < -0.39 is 10.0 Å². The summed E-state index contributed by atoms with van der Waals surface area (Å²) in [6, 6.07) is 0. The summed E-state index contributed by atoms with van der Waals surface area (Å²) in [7, 11) is -3.09. The maximum absolute atomic E-state index is 12.3. The summed E-state index contributed by atoms with van der Waals surface area (Å²) < 4.78 is 26.2. The van der Waals surface area contributed by atoms with E-state index in [4.69, 9.17) is 0 Å². The van der Waals surface area contributed by atoms with Crippen molar-refractivity contribution in [3.05, 3.63) is 12.2 Å². The molecule has 2 fully saturated rings. The van der Waals surface area contributed by atoms with Gasteiger partial charge in [-0.2, -0.15) is 5.10 Å². The first kappa shape index (κ1) is 14.0. The van der Waals surface area contributed by atoms with E-state index in [0.717, 1.165) is 31.0 Å². The minimum Gasteiger partial charge on any atom is -0.263 e. The smallest absolute Gasteiger partial charge is 0.214 e. The number of hydrogen-bond acceptors (Lipinski definition) is 4. The molecular weight excluding hydrogens is 276 g/mol. The molecule has 0 aromatic carbocycles. The third kappa shape index (κ3) is 3.38. The van der Waals surface area contributed by atoms with Crippen LogP contribution in [0.15, 0.2) is 6.33 Å². The molecule has 20 heavy (non-hydrogen) atoms. The van der Waals surface area contributed by atoms with E-state index in [9.17, 15) is 8.42 Å². The third-order valence-corrected chi connectivity index (χ3v) is 6.25. The van der Waals surface area contributed by atoms with Crippen LogP contribution in [0, 0.1) is 5.92 Å². The molecular formula is C13H22N4O2S. The van der Waals surface area contributed by atoms with Gasteiger partial charge in [0.05, 0.1) is 5.75 Å². The molecule has 2 heterocycles. The van der Waals surface area contributed by atoms with E-state index in [-0.39, 0.29) is 5.92 Å². The highest BCUT2D eigenvalue weighted by Crippen LogP contribution is 2.34. The van der Waals surface area contributed by atoms with Crippen LogP contribution in [0.5, 0.6) is 0 Å². The fourth-order valence-corrected chi connectivity index (χ4v) is 4.49. The molecule has 1 saturated carbocycles. The molecule has 1 N–H and O–H groups in total. The lowest BCUT2D eigenvalue weighted by Crippen LogP contribution is -2.31. The first-order chi connectivity index (χ1) is 9.65. The molecule has 1 aliphatic heterocycles. The van der Waals surface area contributed by atoms with Crippen molar-refractivity contribution >= 4 is 10.0 Å². The molecule has 1 aromatic heterocycles. The standard InChI is InChI=1S/C13H22N4O2S/c18-20(19,8-2-1-3-11-4-5-11)17-7-6-12(9-17)13-14-10-15-16-13/h10-12H,1-9H2,(H,14,15,16). The van der Waals surface area contributed by atoms with Crippen molar-refractivity contribution in [3.8, 4) is 0 Å². The van der Waals surface area contributed by atoms with E-state index >= 15 is 0 Å². The molecule has 1 unspecified atom stereocenters. The predicted molar refractivity (Wildman–Crippen MR) is 75.7 cm³/mol. The largest absolute Gasteiger partial charge is 0.263 e. The highest BCUT2D eigenvalue weighted by atomic mass is 32.2. The van der Waals surface area contributed by atoms with Crippen LogP contribution in [-0.4, -0.2) is 46.7 Å². The number of hydrogen-bond donors (Lipinski definition) is 1. The molecule has 0 amide bonds. The maximum Gasteiger partial charge on any atom is 0.214 e. The van der Waals surface area contributed by atoms with E-state index in [1.54, 1.807) is 4.31 Å². The minimum absolute atomic E-state index is 0.165. The zero-order valence-electron chi connectivity index (χ0n) is 11.7. The second-order valence-electron chi connectivity index (χ2n) is 5.97. The van der Waals surface area contributed by atoms with Gasteiger partial charge >= 0.3 is 0 Å². The van der Waals surface area contributed by atoms with Crippen molar-refractivity contribution in [2.45, 2.75) is 44.4 Å².